The highest BCUT2D eigenvalue weighted by Crippen LogP contribution is 2.35. The number of aromatic nitrogens is 2. The zero-order chi connectivity index (χ0) is 16.9. The summed E-state index contributed by atoms with van der Waals surface area (Å²) >= 11 is 0. The summed E-state index contributed by atoms with van der Waals surface area (Å²) in [7, 11) is 0. The summed E-state index contributed by atoms with van der Waals surface area (Å²) < 4.78 is 21.4. The summed E-state index contributed by atoms with van der Waals surface area (Å²) in [6, 6.07) is 5.27. The fraction of sp³-hybridized carbons (Fsp3) is 0.438. The Hall–Kier alpha value is -2.61. The van der Waals surface area contributed by atoms with Crippen molar-refractivity contribution in [1.82, 2.24) is 15.5 Å². The molecule has 0 spiro atoms. The van der Waals surface area contributed by atoms with E-state index in [0.717, 1.165) is 0 Å². The Bertz CT molecular complexity index is 713. The minimum atomic E-state index is -0.404. The zero-order valence-electron chi connectivity index (χ0n) is 13.6. The standard InChI is InChI=1S/C16H19N3O5/c1-10(2)21-7-3-6-17-14(20)16-19-18-15(24-16)11-4-5-12-13(8-11)23-9-22-12/h4-5,8,10H,3,6-7,9H2,1-2H3,(H,17,20). The summed E-state index contributed by atoms with van der Waals surface area (Å²) in [5.41, 5.74) is 0.663. The number of fused-ring (bicyclic) bond motifs is 1. The second-order valence-corrected chi connectivity index (χ2v) is 5.51. The van der Waals surface area contributed by atoms with Crippen LogP contribution in [0.5, 0.6) is 11.5 Å². The van der Waals surface area contributed by atoms with E-state index >= 15 is 0 Å². The Labute approximate surface area is 139 Å². The summed E-state index contributed by atoms with van der Waals surface area (Å²) in [5.74, 6) is 1.05. The van der Waals surface area contributed by atoms with Crippen LogP contribution in [0.2, 0.25) is 0 Å². The number of carbonyl (C=O) groups excluding carboxylic acids is 1. The molecule has 1 aromatic carbocycles. The van der Waals surface area contributed by atoms with Crippen molar-refractivity contribution in [3.05, 3.63) is 24.1 Å². The van der Waals surface area contributed by atoms with Gasteiger partial charge in [0.15, 0.2) is 11.5 Å². The predicted molar refractivity (Wildman–Crippen MR) is 83.9 cm³/mol. The average molecular weight is 333 g/mol. The molecule has 0 saturated carbocycles. The SMILES string of the molecule is CC(C)OCCCNC(=O)c1nnc(-c2ccc3c(c2)OCO3)o1. The smallest absolute Gasteiger partial charge is 0.308 e. The Morgan fingerprint density at radius 1 is 1.29 bits per heavy atom. The average Bonchev–Trinajstić information content (AvgIpc) is 3.22. The third kappa shape index (κ3) is 3.83. The van der Waals surface area contributed by atoms with E-state index in [2.05, 4.69) is 15.5 Å². The van der Waals surface area contributed by atoms with Gasteiger partial charge in [0.1, 0.15) is 0 Å². The predicted octanol–water partition coefficient (Wildman–Crippen LogP) is 2.01. The van der Waals surface area contributed by atoms with Crippen LogP contribution in [0.3, 0.4) is 0 Å². The van der Waals surface area contributed by atoms with Gasteiger partial charge in [-0.3, -0.25) is 4.79 Å². The maximum atomic E-state index is 12.0. The molecule has 128 valence electrons. The van der Waals surface area contributed by atoms with E-state index in [-0.39, 0.29) is 24.7 Å². The lowest BCUT2D eigenvalue weighted by Crippen LogP contribution is -2.25. The lowest BCUT2D eigenvalue weighted by atomic mass is 10.2. The van der Waals surface area contributed by atoms with E-state index in [1.165, 1.54) is 0 Å². The van der Waals surface area contributed by atoms with Crippen LogP contribution in [0, 0.1) is 0 Å². The quantitative estimate of drug-likeness (QED) is 0.774. The molecular weight excluding hydrogens is 314 g/mol. The highest BCUT2D eigenvalue weighted by atomic mass is 16.7. The highest BCUT2D eigenvalue weighted by Gasteiger charge is 2.19. The van der Waals surface area contributed by atoms with Gasteiger partial charge in [0.25, 0.3) is 0 Å². The number of nitrogens with zero attached hydrogens (tertiary/aromatic N) is 2. The Kier molecular flexibility index (Phi) is 4.95. The molecule has 1 aliphatic heterocycles. The topological polar surface area (TPSA) is 95.7 Å². The molecule has 0 aliphatic carbocycles. The molecule has 0 fully saturated rings. The maximum absolute atomic E-state index is 12.0. The lowest BCUT2D eigenvalue weighted by molar-refractivity contribution is 0.0752. The molecule has 0 atom stereocenters. The molecule has 2 heterocycles. The van der Waals surface area contributed by atoms with Crippen molar-refractivity contribution in [2.24, 2.45) is 0 Å². The van der Waals surface area contributed by atoms with Crippen LogP contribution in [0.1, 0.15) is 31.0 Å². The molecule has 8 nitrogen and oxygen atoms in total. The van der Waals surface area contributed by atoms with Gasteiger partial charge in [-0.2, -0.15) is 0 Å². The number of hydrogen-bond donors (Lipinski definition) is 1. The monoisotopic (exact) mass is 333 g/mol. The van der Waals surface area contributed by atoms with Gasteiger partial charge in [0.2, 0.25) is 12.7 Å². The molecule has 0 saturated heterocycles. The molecule has 3 rings (SSSR count). The van der Waals surface area contributed by atoms with Gasteiger partial charge >= 0.3 is 11.8 Å². The second kappa shape index (κ2) is 7.31. The summed E-state index contributed by atoms with van der Waals surface area (Å²) in [6.07, 6.45) is 0.897. The van der Waals surface area contributed by atoms with Crippen LogP contribution < -0.4 is 14.8 Å². The van der Waals surface area contributed by atoms with E-state index in [0.29, 0.717) is 36.6 Å². The number of ether oxygens (including phenoxy) is 3. The van der Waals surface area contributed by atoms with Gasteiger partial charge in [-0.1, -0.05) is 0 Å². The third-order valence-corrected chi connectivity index (χ3v) is 3.30. The summed E-state index contributed by atoms with van der Waals surface area (Å²) in [4.78, 5) is 12.0. The minimum Gasteiger partial charge on any atom is -0.454 e. The second-order valence-electron chi connectivity index (χ2n) is 5.51. The first-order valence-electron chi connectivity index (χ1n) is 7.77. The Morgan fingerprint density at radius 3 is 2.96 bits per heavy atom. The first-order valence-corrected chi connectivity index (χ1v) is 7.77. The molecule has 0 unspecified atom stereocenters. The van der Waals surface area contributed by atoms with Crippen molar-refractivity contribution < 1.29 is 23.4 Å². The van der Waals surface area contributed by atoms with Crippen LogP contribution in [-0.2, 0) is 4.74 Å². The van der Waals surface area contributed by atoms with Gasteiger partial charge in [-0.25, -0.2) is 0 Å². The lowest BCUT2D eigenvalue weighted by Gasteiger charge is -2.07. The molecule has 1 aromatic heterocycles. The van der Waals surface area contributed by atoms with E-state index in [1.807, 2.05) is 13.8 Å². The van der Waals surface area contributed by atoms with E-state index in [4.69, 9.17) is 18.6 Å². The Balaban J connectivity index is 1.56. The number of nitrogens with one attached hydrogen (secondary N) is 1. The van der Waals surface area contributed by atoms with Gasteiger partial charge in [0, 0.05) is 18.7 Å². The minimum absolute atomic E-state index is 0.0764. The fourth-order valence-electron chi connectivity index (χ4n) is 2.13. The van der Waals surface area contributed by atoms with E-state index in [1.54, 1.807) is 18.2 Å². The van der Waals surface area contributed by atoms with Gasteiger partial charge in [-0.05, 0) is 38.5 Å². The molecule has 1 amide bonds. The third-order valence-electron chi connectivity index (χ3n) is 3.30. The number of benzene rings is 1. The van der Waals surface area contributed by atoms with Crippen molar-refractivity contribution in [2.75, 3.05) is 19.9 Å². The van der Waals surface area contributed by atoms with Crippen LogP contribution in [0.15, 0.2) is 22.6 Å². The molecule has 1 N–H and O–H groups in total. The van der Waals surface area contributed by atoms with Crippen molar-refractivity contribution in [1.29, 1.82) is 0 Å². The molecule has 0 bridgehead atoms. The molecule has 1 aliphatic rings. The van der Waals surface area contributed by atoms with Crippen molar-refractivity contribution >= 4 is 5.91 Å². The molecule has 24 heavy (non-hydrogen) atoms. The largest absolute Gasteiger partial charge is 0.454 e. The zero-order valence-corrected chi connectivity index (χ0v) is 13.6. The number of hydrogen-bond acceptors (Lipinski definition) is 7. The molecule has 2 aromatic rings. The maximum Gasteiger partial charge on any atom is 0.308 e. The van der Waals surface area contributed by atoms with Crippen molar-refractivity contribution in [3.63, 3.8) is 0 Å². The van der Waals surface area contributed by atoms with Crippen molar-refractivity contribution in [2.45, 2.75) is 26.4 Å². The highest BCUT2D eigenvalue weighted by molar-refractivity contribution is 5.89. The first-order chi connectivity index (χ1) is 11.6. The molecule has 0 radical (unpaired) electrons. The van der Waals surface area contributed by atoms with Crippen LogP contribution in [-0.4, -0.2) is 42.2 Å². The normalized spacial score (nSPS) is 12.6. The van der Waals surface area contributed by atoms with E-state index < -0.39 is 5.91 Å². The first kappa shape index (κ1) is 16.3. The fourth-order valence-corrected chi connectivity index (χ4v) is 2.13. The number of amides is 1. The number of rotatable bonds is 7. The van der Waals surface area contributed by atoms with Crippen molar-refractivity contribution in [3.8, 4) is 23.0 Å². The van der Waals surface area contributed by atoms with Crippen LogP contribution >= 0.6 is 0 Å². The Morgan fingerprint density at radius 2 is 2.12 bits per heavy atom. The van der Waals surface area contributed by atoms with Crippen LogP contribution in [0.4, 0.5) is 0 Å². The van der Waals surface area contributed by atoms with Crippen LogP contribution in [0.25, 0.3) is 11.5 Å². The molecular formula is C16H19N3O5. The van der Waals surface area contributed by atoms with E-state index in [9.17, 15) is 4.79 Å². The number of carbonyl (C=O) groups is 1. The molecule has 8 heteroatoms. The summed E-state index contributed by atoms with van der Waals surface area (Å²) in [5, 5.41) is 10.4. The van der Waals surface area contributed by atoms with Gasteiger partial charge in [-0.15, -0.1) is 10.2 Å². The van der Waals surface area contributed by atoms with Gasteiger partial charge < -0.3 is 23.9 Å². The summed E-state index contributed by atoms with van der Waals surface area (Å²) in [6.45, 7) is 5.19. The van der Waals surface area contributed by atoms with Gasteiger partial charge in [0.05, 0.1) is 6.10 Å².